The smallest absolute Gasteiger partial charge is 0.358 e. The van der Waals surface area contributed by atoms with E-state index < -0.39 is 17.5 Å². The van der Waals surface area contributed by atoms with Crippen LogP contribution in [-0.4, -0.2) is 39.7 Å². The number of carbonyl (C=O) groups excluding carboxylic acids is 1. The summed E-state index contributed by atoms with van der Waals surface area (Å²) in [5, 5.41) is 12.0. The summed E-state index contributed by atoms with van der Waals surface area (Å²) in [6.07, 6.45) is 3.74. The van der Waals surface area contributed by atoms with Crippen LogP contribution in [0.15, 0.2) is 12.4 Å². The van der Waals surface area contributed by atoms with Crippen molar-refractivity contribution in [2.24, 2.45) is 0 Å². The van der Waals surface area contributed by atoms with Crippen molar-refractivity contribution < 1.29 is 19.4 Å². The predicted octanol–water partition coefficient (Wildman–Crippen LogP) is 1.32. The molecule has 0 fully saturated rings. The van der Waals surface area contributed by atoms with E-state index in [1.54, 1.807) is 6.92 Å². The molecule has 7 nitrogen and oxygen atoms in total. The zero-order chi connectivity index (χ0) is 14.5. The molecule has 104 valence electrons. The minimum atomic E-state index is -1.15. The fourth-order valence-corrected chi connectivity index (χ4v) is 1.63. The summed E-state index contributed by atoms with van der Waals surface area (Å²) in [4.78, 5) is 30.4. The molecule has 1 atom stereocenters. The van der Waals surface area contributed by atoms with Crippen molar-refractivity contribution in [2.45, 2.75) is 32.2 Å². The van der Waals surface area contributed by atoms with Crippen molar-refractivity contribution in [3.8, 4) is 0 Å². The van der Waals surface area contributed by atoms with Gasteiger partial charge in [0.05, 0.1) is 19.5 Å². The van der Waals surface area contributed by atoms with E-state index in [-0.39, 0.29) is 11.5 Å². The van der Waals surface area contributed by atoms with Crippen LogP contribution >= 0.6 is 0 Å². The molecule has 19 heavy (non-hydrogen) atoms. The number of aliphatic carboxylic acids is 1. The summed E-state index contributed by atoms with van der Waals surface area (Å²) in [6, 6.07) is 0. The summed E-state index contributed by atoms with van der Waals surface area (Å²) >= 11 is 0. The van der Waals surface area contributed by atoms with Gasteiger partial charge in [-0.3, -0.25) is 4.98 Å². The number of hydrogen-bond acceptors (Lipinski definition) is 6. The standard InChI is InChI=1S/C12H17N3O4/c1-4-5-12(2,11(17)18)15-9-7-13-6-8(14-9)10(16)19-3/h6-7H,4-5H2,1-3H3,(H,14,15)(H,17,18). The summed E-state index contributed by atoms with van der Waals surface area (Å²) in [5.74, 6) is -1.38. The Morgan fingerprint density at radius 2 is 2.16 bits per heavy atom. The maximum Gasteiger partial charge on any atom is 0.358 e. The summed E-state index contributed by atoms with van der Waals surface area (Å²) in [5.41, 5.74) is -1.13. The molecule has 7 heteroatoms. The summed E-state index contributed by atoms with van der Waals surface area (Å²) < 4.78 is 4.53. The van der Waals surface area contributed by atoms with Crippen LogP contribution in [0.2, 0.25) is 0 Å². The highest BCUT2D eigenvalue weighted by atomic mass is 16.5. The Balaban J connectivity index is 2.97. The number of carboxylic acids is 1. The van der Waals surface area contributed by atoms with Crippen LogP contribution in [0.25, 0.3) is 0 Å². The maximum atomic E-state index is 11.3. The van der Waals surface area contributed by atoms with Crippen molar-refractivity contribution in [1.82, 2.24) is 9.97 Å². The minimum absolute atomic E-state index is 0.0248. The van der Waals surface area contributed by atoms with Crippen LogP contribution in [0.4, 0.5) is 5.82 Å². The monoisotopic (exact) mass is 267 g/mol. The Hall–Kier alpha value is -2.18. The third-order valence-corrected chi connectivity index (χ3v) is 2.66. The van der Waals surface area contributed by atoms with Crippen LogP contribution in [0, 0.1) is 0 Å². The number of rotatable bonds is 6. The van der Waals surface area contributed by atoms with Gasteiger partial charge in [-0.15, -0.1) is 0 Å². The van der Waals surface area contributed by atoms with Gasteiger partial charge in [0.25, 0.3) is 0 Å². The van der Waals surface area contributed by atoms with Crippen molar-refractivity contribution in [2.75, 3.05) is 12.4 Å². The number of aromatic nitrogens is 2. The Kier molecular flexibility index (Phi) is 4.80. The number of carbonyl (C=O) groups is 2. The molecule has 0 radical (unpaired) electrons. The van der Waals surface area contributed by atoms with E-state index in [4.69, 9.17) is 0 Å². The van der Waals surface area contributed by atoms with Crippen LogP contribution in [0.1, 0.15) is 37.2 Å². The SMILES string of the molecule is CCCC(C)(Nc1cncc(C(=O)OC)n1)C(=O)O. The van der Waals surface area contributed by atoms with Gasteiger partial charge in [0.2, 0.25) is 0 Å². The predicted molar refractivity (Wildman–Crippen MR) is 67.9 cm³/mol. The van der Waals surface area contributed by atoms with Gasteiger partial charge in [0.15, 0.2) is 5.69 Å². The molecule has 0 aliphatic rings. The fraction of sp³-hybridized carbons (Fsp3) is 0.500. The molecule has 2 N–H and O–H groups in total. The summed E-state index contributed by atoms with van der Waals surface area (Å²) in [6.45, 7) is 3.45. The number of ether oxygens (including phenoxy) is 1. The van der Waals surface area contributed by atoms with E-state index in [1.807, 2.05) is 6.92 Å². The van der Waals surface area contributed by atoms with Crippen LogP contribution in [0.5, 0.6) is 0 Å². The van der Waals surface area contributed by atoms with E-state index in [1.165, 1.54) is 19.5 Å². The average Bonchev–Trinajstić information content (AvgIpc) is 2.38. The van der Waals surface area contributed by atoms with E-state index in [0.717, 1.165) is 0 Å². The lowest BCUT2D eigenvalue weighted by Crippen LogP contribution is -2.43. The number of carboxylic acid groups (broad SMARTS) is 1. The molecule has 1 aromatic rings. The van der Waals surface area contributed by atoms with Crippen molar-refractivity contribution in [1.29, 1.82) is 0 Å². The minimum Gasteiger partial charge on any atom is -0.480 e. The maximum absolute atomic E-state index is 11.3. The largest absolute Gasteiger partial charge is 0.480 e. The normalized spacial score (nSPS) is 13.4. The molecule has 1 heterocycles. The topological polar surface area (TPSA) is 101 Å². The molecule has 0 aromatic carbocycles. The number of hydrogen-bond donors (Lipinski definition) is 2. The zero-order valence-electron chi connectivity index (χ0n) is 11.1. The molecule has 0 amide bonds. The molecule has 0 aliphatic heterocycles. The first kappa shape index (κ1) is 14.9. The third-order valence-electron chi connectivity index (χ3n) is 2.66. The molecule has 1 rings (SSSR count). The van der Waals surface area contributed by atoms with Gasteiger partial charge in [0, 0.05) is 0 Å². The Bertz CT molecular complexity index is 478. The second-order valence-corrected chi connectivity index (χ2v) is 4.29. The first-order chi connectivity index (χ1) is 8.92. The van der Waals surface area contributed by atoms with Crippen LogP contribution < -0.4 is 5.32 Å². The first-order valence-electron chi connectivity index (χ1n) is 5.85. The molecule has 1 unspecified atom stereocenters. The van der Waals surface area contributed by atoms with Gasteiger partial charge in [-0.1, -0.05) is 13.3 Å². The lowest BCUT2D eigenvalue weighted by Gasteiger charge is -2.26. The van der Waals surface area contributed by atoms with Crippen molar-refractivity contribution in [3.63, 3.8) is 0 Å². The highest BCUT2D eigenvalue weighted by molar-refractivity contribution is 5.87. The molecule has 0 saturated carbocycles. The number of esters is 1. The van der Waals surface area contributed by atoms with Gasteiger partial charge in [-0.2, -0.15) is 0 Å². The van der Waals surface area contributed by atoms with Gasteiger partial charge in [-0.05, 0) is 13.3 Å². The first-order valence-corrected chi connectivity index (χ1v) is 5.85. The van der Waals surface area contributed by atoms with E-state index in [2.05, 4.69) is 20.0 Å². The summed E-state index contributed by atoms with van der Waals surface area (Å²) in [7, 11) is 1.24. The van der Waals surface area contributed by atoms with Crippen molar-refractivity contribution in [3.05, 3.63) is 18.1 Å². The fourth-order valence-electron chi connectivity index (χ4n) is 1.63. The van der Waals surface area contributed by atoms with E-state index >= 15 is 0 Å². The van der Waals surface area contributed by atoms with E-state index in [9.17, 15) is 14.7 Å². The molecule has 0 spiro atoms. The van der Waals surface area contributed by atoms with Gasteiger partial charge in [-0.25, -0.2) is 14.6 Å². The molecule has 1 aromatic heterocycles. The van der Waals surface area contributed by atoms with Gasteiger partial charge >= 0.3 is 11.9 Å². The number of nitrogens with one attached hydrogen (secondary N) is 1. The second kappa shape index (κ2) is 6.12. The van der Waals surface area contributed by atoms with Crippen molar-refractivity contribution >= 4 is 17.8 Å². The number of anilines is 1. The number of nitrogens with zero attached hydrogens (tertiary/aromatic N) is 2. The highest BCUT2D eigenvalue weighted by Gasteiger charge is 2.32. The molecule has 0 bridgehead atoms. The highest BCUT2D eigenvalue weighted by Crippen LogP contribution is 2.19. The Morgan fingerprint density at radius 1 is 1.47 bits per heavy atom. The average molecular weight is 267 g/mol. The zero-order valence-corrected chi connectivity index (χ0v) is 11.1. The van der Waals surface area contributed by atoms with Crippen LogP contribution in [0.3, 0.4) is 0 Å². The third kappa shape index (κ3) is 3.64. The van der Waals surface area contributed by atoms with E-state index in [0.29, 0.717) is 12.8 Å². The molecule has 0 saturated heterocycles. The Morgan fingerprint density at radius 3 is 2.68 bits per heavy atom. The second-order valence-electron chi connectivity index (χ2n) is 4.29. The van der Waals surface area contributed by atoms with Crippen LogP contribution in [-0.2, 0) is 9.53 Å². The van der Waals surface area contributed by atoms with Gasteiger partial charge < -0.3 is 15.2 Å². The molecule has 0 aliphatic carbocycles. The quantitative estimate of drug-likeness (QED) is 0.749. The number of methoxy groups -OCH3 is 1. The molecular formula is C12H17N3O4. The Labute approximate surface area is 111 Å². The lowest BCUT2D eigenvalue weighted by molar-refractivity contribution is -0.142. The van der Waals surface area contributed by atoms with Gasteiger partial charge in [0.1, 0.15) is 11.4 Å². The lowest BCUT2D eigenvalue weighted by atomic mass is 9.96. The molecular weight excluding hydrogens is 250 g/mol.